The lowest BCUT2D eigenvalue weighted by Gasteiger charge is -2.23. The van der Waals surface area contributed by atoms with Crippen LogP contribution in [-0.4, -0.2) is 31.8 Å². The van der Waals surface area contributed by atoms with Gasteiger partial charge in [-0.25, -0.2) is 4.79 Å². The van der Waals surface area contributed by atoms with Gasteiger partial charge in [-0.2, -0.15) is 0 Å². The zero-order valence-corrected chi connectivity index (χ0v) is 12.2. The van der Waals surface area contributed by atoms with Crippen molar-refractivity contribution < 1.29 is 9.53 Å². The van der Waals surface area contributed by atoms with Crippen LogP contribution in [0.25, 0.3) is 0 Å². The number of hydrogen-bond acceptors (Lipinski definition) is 3. The predicted molar refractivity (Wildman–Crippen MR) is 82.7 cm³/mol. The Labute approximate surface area is 125 Å². The molecule has 0 spiro atoms. The Kier molecular flexibility index (Phi) is 4.60. The lowest BCUT2D eigenvalue weighted by atomic mass is 10.1. The normalized spacial score (nSPS) is 19.0. The number of amides is 2. The maximum atomic E-state index is 11.7. The third-order valence-electron chi connectivity index (χ3n) is 3.95. The SMILES string of the molecule is O=C(NCC1CC1)Nc1ccc(OC2CCNCC2)cc1. The molecule has 21 heavy (non-hydrogen) atoms. The molecule has 0 bridgehead atoms. The Hall–Kier alpha value is -1.75. The number of benzene rings is 1. The van der Waals surface area contributed by atoms with E-state index in [4.69, 9.17) is 4.74 Å². The van der Waals surface area contributed by atoms with Crippen LogP contribution >= 0.6 is 0 Å². The van der Waals surface area contributed by atoms with Crippen LogP contribution in [0.2, 0.25) is 0 Å². The van der Waals surface area contributed by atoms with Crippen LogP contribution in [0.3, 0.4) is 0 Å². The van der Waals surface area contributed by atoms with E-state index in [0.717, 1.165) is 43.9 Å². The van der Waals surface area contributed by atoms with Crippen LogP contribution in [-0.2, 0) is 0 Å². The van der Waals surface area contributed by atoms with E-state index in [1.807, 2.05) is 24.3 Å². The number of rotatable bonds is 5. The smallest absolute Gasteiger partial charge is 0.319 e. The summed E-state index contributed by atoms with van der Waals surface area (Å²) in [7, 11) is 0. The fraction of sp³-hybridized carbons (Fsp3) is 0.562. The van der Waals surface area contributed by atoms with Crippen molar-refractivity contribution in [3.05, 3.63) is 24.3 Å². The second-order valence-electron chi connectivity index (χ2n) is 5.87. The van der Waals surface area contributed by atoms with Crippen molar-refractivity contribution in [1.29, 1.82) is 0 Å². The highest BCUT2D eigenvalue weighted by atomic mass is 16.5. The molecular weight excluding hydrogens is 266 g/mol. The fourth-order valence-electron chi connectivity index (χ4n) is 2.46. The number of hydrogen-bond donors (Lipinski definition) is 3. The van der Waals surface area contributed by atoms with Gasteiger partial charge in [-0.15, -0.1) is 0 Å². The average molecular weight is 289 g/mol. The van der Waals surface area contributed by atoms with Gasteiger partial charge >= 0.3 is 6.03 Å². The van der Waals surface area contributed by atoms with E-state index in [1.54, 1.807) is 0 Å². The van der Waals surface area contributed by atoms with Gasteiger partial charge in [0.15, 0.2) is 0 Å². The van der Waals surface area contributed by atoms with Gasteiger partial charge in [0.25, 0.3) is 0 Å². The van der Waals surface area contributed by atoms with E-state index in [1.165, 1.54) is 12.8 Å². The second-order valence-corrected chi connectivity index (χ2v) is 5.87. The van der Waals surface area contributed by atoms with E-state index in [0.29, 0.717) is 12.0 Å². The van der Waals surface area contributed by atoms with E-state index in [-0.39, 0.29) is 6.03 Å². The molecule has 2 fully saturated rings. The Morgan fingerprint density at radius 3 is 2.52 bits per heavy atom. The number of carbonyl (C=O) groups is 1. The van der Waals surface area contributed by atoms with E-state index < -0.39 is 0 Å². The predicted octanol–water partition coefficient (Wildman–Crippen LogP) is 2.35. The number of carbonyl (C=O) groups excluding carboxylic acids is 1. The highest BCUT2D eigenvalue weighted by Gasteiger charge is 2.21. The first-order valence-electron chi connectivity index (χ1n) is 7.82. The lowest BCUT2D eigenvalue weighted by molar-refractivity contribution is 0.162. The number of piperidine rings is 1. The summed E-state index contributed by atoms with van der Waals surface area (Å²) in [5.41, 5.74) is 0.793. The summed E-state index contributed by atoms with van der Waals surface area (Å²) < 4.78 is 5.93. The number of nitrogens with one attached hydrogen (secondary N) is 3. The van der Waals surface area contributed by atoms with Gasteiger partial charge < -0.3 is 20.7 Å². The minimum absolute atomic E-state index is 0.131. The van der Waals surface area contributed by atoms with Crippen molar-refractivity contribution in [3.63, 3.8) is 0 Å². The summed E-state index contributed by atoms with van der Waals surface area (Å²) in [6, 6.07) is 7.46. The van der Waals surface area contributed by atoms with Gasteiger partial charge in [-0.3, -0.25) is 0 Å². The lowest BCUT2D eigenvalue weighted by Crippen LogP contribution is -2.34. The summed E-state index contributed by atoms with van der Waals surface area (Å²) in [5, 5.41) is 9.05. The zero-order valence-electron chi connectivity index (χ0n) is 12.2. The van der Waals surface area contributed by atoms with Crippen LogP contribution in [0.1, 0.15) is 25.7 Å². The largest absolute Gasteiger partial charge is 0.490 e. The van der Waals surface area contributed by atoms with Crippen molar-refractivity contribution in [3.8, 4) is 5.75 Å². The molecule has 5 nitrogen and oxygen atoms in total. The highest BCUT2D eigenvalue weighted by molar-refractivity contribution is 5.89. The van der Waals surface area contributed by atoms with Crippen LogP contribution < -0.4 is 20.7 Å². The van der Waals surface area contributed by atoms with Crippen molar-refractivity contribution in [2.24, 2.45) is 5.92 Å². The van der Waals surface area contributed by atoms with Crippen LogP contribution in [0.4, 0.5) is 10.5 Å². The van der Waals surface area contributed by atoms with Crippen molar-refractivity contribution >= 4 is 11.7 Å². The quantitative estimate of drug-likeness (QED) is 0.779. The van der Waals surface area contributed by atoms with Crippen molar-refractivity contribution in [2.75, 3.05) is 25.0 Å². The molecule has 3 N–H and O–H groups in total. The molecule has 3 rings (SSSR count). The molecule has 1 saturated carbocycles. The first kappa shape index (κ1) is 14.2. The Morgan fingerprint density at radius 1 is 1.14 bits per heavy atom. The molecule has 1 aliphatic heterocycles. The topological polar surface area (TPSA) is 62.4 Å². The molecule has 0 radical (unpaired) electrons. The summed E-state index contributed by atoms with van der Waals surface area (Å²) in [6.45, 7) is 2.82. The molecule has 2 aliphatic rings. The second kappa shape index (κ2) is 6.80. The van der Waals surface area contributed by atoms with Crippen molar-refractivity contribution in [2.45, 2.75) is 31.8 Å². The maximum Gasteiger partial charge on any atom is 0.319 e. The molecule has 0 atom stereocenters. The monoisotopic (exact) mass is 289 g/mol. The first-order chi connectivity index (χ1) is 10.3. The molecular formula is C16H23N3O2. The minimum Gasteiger partial charge on any atom is -0.490 e. The zero-order chi connectivity index (χ0) is 14.5. The summed E-state index contributed by atoms with van der Waals surface area (Å²) in [5.74, 6) is 1.56. The van der Waals surface area contributed by atoms with Crippen LogP contribution in [0.5, 0.6) is 5.75 Å². The third kappa shape index (κ3) is 4.63. The summed E-state index contributed by atoms with van der Waals surface area (Å²) in [4.78, 5) is 11.7. The Bertz CT molecular complexity index is 465. The summed E-state index contributed by atoms with van der Waals surface area (Å²) in [6.07, 6.45) is 4.87. The fourth-order valence-corrected chi connectivity index (χ4v) is 2.46. The standard InChI is InChI=1S/C16H23N3O2/c20-16(18-11-12-1-2-12)19-13-3-5-14(6-4-13)21-15-7-9-17-10-8-15/h3-6,12,15,17H,1-2,7-11H2,(H2,18,19,20). The Morgan fingerprint density at radius 2 is 1.86 bits per heavy atom. The maximum absolute atomic E-state index is 11.7. The highest BCUT2D eigenvalue weighted by Crippen LogP contribution is 2.27. The molecule has 1 saturated heterocycles. The van der Waals surface area contributed by atoms with E-state index >= 15 is 0 Å². The third-order valence-corrected chi connectivity index (χ3v) is 3.95. The average Bonchev–Trinajstić information content (AvgIpc) is 3.33. The first-order valence-corrected chi connectivity index (χ1v) is 7.82. The molecule has 1 aliphatic carbocycles. The van der Waals surface area contributed by atoms with Crippen molar-refractivity contribution in [1.82, 2.24) is 10.6 Å². The molecule has 2 amide bonds. The number of urea groups is 1. The van der Waals surface area contributed by atoms with E-state index in [2.05, 4.69) is 16.0 Å². The molecule has 1 aromatic rings. The van der Waals surface area contributed by atoms with Gasteiger partial charge in [0.05, 0.1) is 0 Å². The molecule has 1 aromatic carbocycles. The van der Waals surface area contributed by atoms with Gasteiger partial charge in [0, 0.05) is 12.2 Å². The van der Waals surface area contributed by atoms with Crippen LogP contribution in [0, 0.1) is 5.92 Å². The Balaban J connectivity index is 1.45. The molecule has 114 valence electrons. The summed E-state index contributed by atoms with van der Waals surface area (Å²) >= 11 is 0. The van der Waals surface area contributed by atoms with E-state index in [9.17, 15) is 4.79 Å². The van der Waals surface area contributed by atoms with Gasteiger partial charge in [0.1, 0.15) is 11.9 Å². The number of ether oxygens (including phenoxy) is 1. The van der Waals surface area contributed by atoms with Crippen LogP contribution in [0.15, 0.2) is 24.3 Å². The minimum atomic E-state index is -0.131. The molecule has 0 unspecified atom stereocenters. The van der Waals surface area contributed by atoms with Gasteiger partial charge in [0.2, 0.25) is 0 Å². The number of anilines is 1. The van der Waals surface area contributed by atoms with Gasteiger partial charge in [-0.05, 0) is 69.0 Å². The molecule has 5 heteroatoms. The molecule has 0 aromatic heterocycles. The van der Waals surface area contributed by atoms with Gasteiger partial charge in [-0.1, -0.05) is 0 Å². The molecule has 1 heterocycles.